The van der Waals surface area contributed by atoms with Gasteiger partial charge in [-0.15, -0.1) is 0 Å². The molecule has 1 saturated carbocycles. The fourth-order valence-electron chi connectivity index (χ4n) is 3.87. The number of aromatic nitrogens is 3. The van der Waals surface area contributed by atoms with Crippen molar-refractivity contribution in [2.24, 2.45) is 5.92 Å². The van der Waals surface area contributed by atoms with E-state index < -0.39 is 0 Å². The van der Waals surface area contributed by atoms with Gasteiger partial charge < -0.3 is 4.74 Å². The van der Waals surface area contributed by atoms with Crippen LogP contribution in [0.5, 0.6) is 0 Å². The van der Waals surface area contributed by atoms with Crippen molar-refractivity contribution in [3.63, 3.8) is 0 Å². The zero-order chi connectivity index (χ0) is 13.4. The van der Waals surface area contributed by atoms with E-state index in [1.807, 2.05) is 0 Å². The Bertz CT molecular complexity index is 456. The van der Waals surface area contributed by atoms with Crippen molar-refractivity contribution in [3.8, 4) is 0 Å². The van der Waals surface area contributed by atoms with Crippen LogP contribution in [-0.2, 0) is 11.2 Å². The fraction of sp³-hybridized carbons (Fsp3) is 0.857. The van der Waals surface area contributed by atoms with Crippen LogP contribution in [0.25, 0.3) is 0 Å². The van der Waals surface area contributed by atoms with Crippen molar-refractivity contribution in [1.29, 1.82) is 0 Å². The zero-order valence-corrected chi connectivity index (χ0v) is 11.8. The molecule has 4 rings (SSSR count). The van der Waals surface area contributed by atoms with Gasteiger partial charge in [0, 0.05) is 31.0 Å². The summed E-state index contributed by atoms with van der Waals surface area (Å²) in [6, 6.07) is 1.14. The van der Waals surface area contributed by atoms with Gasteiger partial charge in [0.15, 0.2) is 5.82 Å². The number of rotatable bonds is 3. The predicted molar refractivity (Wildman–Crippen MR) is 74.1 cm³/mol. The van der Waals surface area contributed by atoms with E-state index in [1.54, 1.807) is 0 Å². The maximum atomic E-state index is 5.41. The summed E-state index contributed by atoms with van der Waals surface area (Å²) < 4.78 is 5.41. The Morgan fingerprint density at radius 2 is 2.10 bits per heavy atom. The predicted octanol–water partition coefficient (Wildman–Crippen LogP) is 0.886. The third kappa shape index (κ3) is 2.36. The first-order valence-corrected chi connectivity index (χ1v) is 7.90. The van der Waals surface area contributed by atoms with Crippen molar-refractivity contribution in [2.45, 2.75) is 56.5 Å². The highest BCUT2D eigenvalue weighted by molar-refractivity contribution is 5.03. The smallest absolute Gasteiger partial charge is 0.156 e. The molecule has 6 heteroatoms. The maximum absolute atomic E-state index is 5.41. The number of nitrogens with zero attached hydrogens (tertiary/aromatic N) is 2. The van der Waals surface area contributed by atoms with Crippen LogP contribution in [-0.4, -0.2) is 40.5 Å². The van der Waals surface area contributed by atoms with Gasteiger partial charge in [0.05, 0.1) is 6.61 Å². The molecule has 4 unspecified atom stereocenters. The van der Waals surface area contributed by atoms with Crippen LogP contribution in [0.1, 0.15) is 49.7 Å². The van der Waals surface area contributed by atoms with Crippen LogP contribution in [0.3, 0.4) is 0 Å². The highest BCUT2D eigenvalue weighted by atomic mass is 16.5. The van der Waals surface area contributed by atoms with Gasteiger partial charge >= 0.3 is 0 Å². The summed E-state index contributed by atoms with van der Waals surface area (Å²) in [4.78, 5) is 4.68. The number of aromatic amines is 1. The average molecular weight is 277 g/mol. The highest BCUT2D eigenvalue weighted by Gasteiger charge is 2.37. The van der Waals surface area contributed by atoms with Crippen LogP contribution in [0, 0.1) is 5.92 Å². The monoisotopic (exact) mass is 277 g/mol. The number of hydrogen-bond acceptors (Lipinski definition) is 5. The number of ether oxygens (including phenoxy) is 1. The van der Waals surface area contributed by atoms with E-state index in [0.717, 1.165) is 43.6 Å². The molecule has 0 aromatic carbocycles. The summed E-state index contributed by atoms with van der Waals surface area (Å²) in [5, 5.41) is 7.50. The summed E-state index contributed by atoms with van der Waals surface area (Å²) in [5.41, 5.74) is 6.92. The van der Waals surface area contributed by atoms with Gasteiger partial charge in [0.1, 0.15) is 5.82 Å². The molecule has 1 aliphatic carbocycles. The standard InChI is InChI=1S/C14H23N5O/c1-2-4-11-10(3-1)12(17-16-11)7-13-15-14(19-18-13)9-5-6-20-8-9/h9-12,16-17H,1-8H2,(H,15,18,19). The molecule has 0 radical (unpaired) electrons. The van der Waals surface area contributed by atoms with Crippen molar-refractivity contribution < 1.29 is 4.74 Å². The van der Waals surface area contributed by atoms with E-state index in [0.29, 0.717) is 18.0 Å². The molecule has 3 N–H and O–H groups in total. The largest absolute Gasteiger partial charge is 0.381 e. The molecule has 0 bridgehead atoms. The second kappa shape index (κ2) is 5.42. The van der Waals surface area contributed by atoms with E-state index >= 15 is 0 Å². The molecule has 6 nitrogen and oxygen atoms in total. The minimum absolute atomic E-state index is 0.386. The first-order valence-electron chi connectivity index (χ1n) is 7.90. The zero-order valence-electron chi connectivity index (χ0n) is 11.8. The Morgan fingerprint density at radius 3 is 3.00 bits per heavy atom. The van der Waals surface area contributed by atoms with Crippen molar-refractivity contribution in [1.82, 2.24) is 26.0 Å². The average Bonchev–Trinajstić information content (AvgIpc) is 3.19. The lowest BCUT2D eigenvalue weighted by atomic mass is 9.81. The topological polar surface area (TPSA) is 74.9 Å². The Balaban J connectivity index is 1.41. The molecule has 3 fully saturated rings. The molecule has 3 aliphatic rings. The Labute approximate surface area is 119 Å². The lowest BCUT2D eigenvalue weighted by Crippen LogP contribution is -2.34. The minimum atomic E-state index is 0.386. The number of hydrazine groups is 1. The molecule has 2 aliphatic heterocycles. The minimum Gasteiger partial charge on any atom is -0.381 e. The van der Waals surface area contributed by atoms with Gasteiger partial charge in [0.2, 0.25) is 0 Å². The molecule has 1 aromatic heterocycles. The van der Waals surface area contributed by atoms with Gasteiger partial charge in [-0.2, -0.15) is 5.10 Å². The quantitative estimate of drug-likeness (QED) is 0.765. The Hall–Kier alpha value is -0.980. The van der Waals surface area contributed by atoms with E-state index in [1.165, 1.54) is 25.7 Å². The maximum Gasteiger partial charge on any atom is 0.156 e. The summed E-state index contributed by atoms with van der Waals surface area (Å²) in [6.07, 6.45) is 7.33. The van der Waals surface area contributed by atoms with E-state index in [2.05, 4.69) is 26.0 Å². The first-order chi connectivity index (χ1) is 9.90. The first kappa shape index (κ1) is 12.7. The van der Waals surface area contributed by atoms with Gasteiger partial charge in [-0.1, -0.05) is 12.8 Å². The highest BCUT2D eigenvalue weighted by Crippen LogP contribution is 2.31. The molecule has 4 atom stereocenters. The summed E-state index contributed by atoms with van der Waals surface area (Å²) >= 11 is 0. The van der Waals surface area contributed by atoms with Crippen LogP contribution in [0.4, 0.5) is 0 Å². The molecule has 110 valence electrons. The van der Waals surface area contributed by atoms with Crippen LogP contribution in [0.15, 0.2) is 0 Å². The van der Waals surface area contributed by atoms with Crippen LogP contribution in [0.2, 0.25) is 0 Å². The second-order valence-electron chi connectivity index (χ2n) is 6.35. The summed E-state index contributed by atoms with van der Waals surface area (Å²) in [7, 11) is 0. The third-order valence-corrected chi connectivity index (χ3v) is 5.05. The number of nitrogens with one attached hydrogen (secondary N) is 3. The summed E-state index contributed by atoms with van der Waals surface area (Å²) in [5.74, 6) is 3.07. The normalized spacial score (nSPS) is 37.2. The summed E-state index contributed by atoms with van der Waals surface area (Å²) in [6.45, 7) is 1.61. The molecule has 0 amide bonds. The van der Waals surface area contributed by atoms with Crippen LogP contribution < -0.4 is 10.9 Å². The molecule has 20 heavy (non-hydrogen) atoms. The van der Waals surface area contributed by atoms with E-state index in [4.69, 9.17) is 4.74 Å². The molecule has 3 heterocycles. The van der Waals surface area contributed by atoms with E-state index in [9.17, 15) is 0 Å². The Kier molecular flexibility index (Phi) is 3.45. The SMILES string of the molecule is C1CCC2C(C1)NNC2Cc1nc(C2CCOC2)n[nH]1. The van der Waals surface area contributed by atoms with Gasteiger partial charge in [-0.05, 0) is 25.2 Å². The number of fused-ring (bicyclic) bond motifs is 1. The van der Waals surface area contributed by atoms with Crippen molar-refractivity contribution in [3.05, 3.63) is 11.6 Å². The molecule has 1 aromatic rings. The molecular weight excluding hydrogens is 254 g/mol. The molecule has 2 saturated heterocycles. The number of hydrogen-bond donors (Lipinski definition) is 3. The Morgan fingerprint density at radius 1 is 1.15 bits per heavy atom. The second-order valence-corrected chi connectivity index (χ2v) is 6.35. The van der Waals surface area contributed by atoms with Gasteiger partial charge in [-0.3, -0.25) is 16.0 Å². The lowest BCUT2D eigenvalue weighted by Gasteiger charge is -2.26. The number of H-pyrrole nitrogens is 1. The van der Waals surface area contributed by atoms with Crippen LogP contribution >= 0.6 is 0 Å². The van der Waals surface area contributed by atoms with Crippen molar-refractivity contribution in [2.75, 3.05) is 13.2 Å². The van der Waals surface area contributed by atoms with E-state index in [-0.39, 0.29) is 0 Å². The van der Waals surface area contributed by atoms with Gasteiger partial charge in [0.25, 0.3) is 0 Å². The third-order valence-electron chi connectivity index (χ3n) is 5.05. The van der Waals surface area contributed by atoms with Gasteiger partial charge in [-0.25, -0.2) is 4.98 Å². The lowest BCUT2D eigenvalue weighted by molar-refractivity contribution is 0.193. The molecule has 0 spiro atoms. The molecular formula is C14H23N5O. The fourth-order valence-corrected chi connectivity index (χ4v) is 3.87. The van der Waals surface area contributed by atoms with Crippen molar-refractivity contribution >= 4 is 0 Å².